The minimum Gasteiger partial charge on any atom is -0.354 e. The summed E-state index contributed by atoms with van der Waals surface area (Å²) < 4.78 is 0. The van der Waals surface area contributed by atoms with Gasteiger partial charge in [0, 0.05) is 6.54 Å². The Hall–Kier alpha value is -1.84. The maximum absolute atomic E-state index is 11.9. The van der Waals surface area contributed by atoms with Crippen LogP contribution in [0.3, 0.4) is 0 Å². The van der Waals surface area contributed by atoms with Gasteiger partial charge in [-0.25, -0.2) is 0 Å². The number of nitrogens with one attached hydrogen (secondary N) is 2. The molecule has 20 heavy (non-hydrogen) atoms. The number of rotatable bonds is 6. The highest BCUT2D eigenvalue weighted by atomic mass is 16.2. The lowest BCUT2D eigenvalue weighted by molar-refractivity contribution is -0.128. The van der Waals surface area contributed by atoms with E-state index in [9.17, 15) is 9.59 Å². The second kappa shape index (κ2) is 7.68. The Kier molecular flexibility index (Phi) is 6.22. The number of amides is 2. The maximum atomic E-state index is 11.9. The zero-order valence-electron chi connectivity index (χ0n) is 12.7. The number of hydrogen-bond acceptors (Lipinski definition) is 2. The van der Waals surface area contributed by atoms with Crippen molar-refractivity contribution >= 4 is 11.8 Å². The highest BCUT2D eigenvalue weighted by molar-refractivity contribution is 5.88. The van der Waals surface area contributed by atoms with E-state index >= 15 is 0 Å². The number of carbonyl (C=O) groups is 2. The summed E-state index contributed by atoms with van der Waals surface area (Å²) >= 11 is 0. The Morgan fingerprint density at radius 3 is 2.50 bits per heavy atom. The Labute approximate surface area is 121 Å². The molecule has 0 aromatic heterocycles. The summed E-state index contributed by atoms with van der Waals surface area (Å²) in [5.74, 6) is -0.271. The van der Waals surface area contributed by atoms with Crippen LogP contribution in [0.15, 0.2) is 18.2 Å². The molecule has 1 atom stereocenters. The summed E-state index contributed by atoms with van der Waals surface area (Å²) in [6.45, 7) is 8.39. The summed E-state index contributed by atoms with van der Waals surface area (Å²) in [7, 11) is 0. The molecule has 2 N–H and O–H groups in total. The molecule has 0 saturated heterocycles. The van der Waals surface area contributed by atoms with Crippen LogP contribution in [0, 0.1) is 13.8 Å². The molecule has 1 unspecified atom stereocenters. The van der Waals surface area contributed by atoms with Crippen LogP contribution in [0.2, 0.25) is 0 Å². The van der Waals surface area contributed by atoms with E-state index in [2.05, 4.69) is 10.6 Å². The maximum Gasteiger partial charge on any atom is 0.242 e. The molecule has 0 aliphatic rings. The highest BCUT2D eigenvalue weighted by Gasteiger charge is 2.15. The molecule has 0 heterocycles. The fraction of sp³-hybridized carbons (Fsp3) is 0.500. The van der Waals surface area contributed by atoms with Gasteiger partial charge in [-0.15, -0.1) is 0 Å². The van der Waals surface area contributed by atoms with Gasteiger partial charge in [0.25, 0.3) is 0 Å². The fourth-order valence-electron chi connectivity index (χ4n) is 1.86. The standard InChI is InChI=1S/C16H24N2O2/c1-5-8-17-16(20)13(4)18-15(19)10-14-7-6-11(2)12(3)9-14/h6-7,9,13H,5,8,10H2,1-4H3,(H,17,20)(H,18,19). The van der Waals surface area contributed by atoms with Gasteiger partial charge in [0.15, 0.2) is 0 Å². The van der Waals surface area contributed by atoms with Crippen LogP contribution in [0.4, 0.5) is 0 Å². The van der Waals surface area contributed by atoms with Crippen molar-refractivity contribution in [2.24, 2.45) is 0 Å². The third kappa shape index (κ3) is 5.03. The number of benzene rings is 1. The second-order valence-electron chi connectivity index (χ2n) is 5.18. The molecule has 0 aliphatic heterocycles. The minimum absolute atomic E-state index is 0.132. The number of carbonyl (C=O) groups excluding carboxylic acids is 2. The van der Waals surface area contributed by atoms with E-state index in [1.54, 1.807) is 6.92 Å². The van der Waals surface area contributed by atoms with Crippen LogP contribution in [0.5, 0.6) is 0 Å². The molecule has 0 radical (unpaired) electrons. The van der Waals surface area contributed by atoms with E-state index in [-0.39, 0.29) is 11.8 Å². The lowest BCUT2D eigenvalue weighted by atomic mass is 10.0. The molecule has 4 nitrogen and oxygen atoms in total. The zero-order valence-corrected chi connectivity index (χ0v) is 12.7. The molecule has 0 fully saturated rings. The topological polar surface area (TPSA) is 58.2 Å². The quantitative estimate of drug-likeness (QED) is 0.833. The van der Waals surface area contributed by atoms with Gasteiger partial charge in [0.2, 0.25) is 11.8 Å². The van der Waals surface area contributed by atoms with Gasteiger partial charge in [-0.2, -0.15) is 0 Å². The van der Waals surface area contributed by atoms with Crippen molar-refractivity contribution in [2.75, 3.05) is 6.54 Å². The van der Waals surface area contributed by atoms with E-state index in [4.69, 9.17) is 0 Å². The van der Waals surface area contributed by atoms with Crippen LogP contribution in [0.1, 0.15) is 37.0 Å². The Morgan fingerprint density at radius 2 is 1.90 bits per heavy atom. The summed E-state index contributed by atoms with van der Waals surface area (Å²) in [5.41, 5.74) is 3.34. The molecule has 1 rings (SSSR count). The molecular weight excluding hydrogens is 252 g/mol. The normalized spacial score (nSPS) is 11.8. The van der Waals surface area contributed by atoms with E-state index in [1.807, 2.05) is 39.0 Å². The predicted molar refractivity (Wildman–Crippen MR) is 80.5 cm³/mol. The van der Waals surface area contributed by atoms with Crippen molar-refractivity contribution in [2.45, 2.75) is 46.6 Å². The average molecular weight is 276 g/mol. The van der Waals surface area contributed by atoms with Crippen molar-refractivity contribution in [3.63, 3.8) is 0 Å². The van der Waals surface area contributed by atoms with Crippen LogP contribution in [-0.2, 0) is 16.0 Å². The lowest BCUT2D eigenvalue weighted by Gasteiger charge is -2.14. The van der Waals surface area contributed by atoms with E-state index in [0.717, 1.165) is 12.0 Å². The first-order valence-corrected chi connectivity index (χ1v) is 7.07. The molecule has 0 saturated carbocycles. The minimum atomic E-state index is -0.499. The first kappa shape index (κ1) is 16.2. The first-order chi connectivity index (χ1) is 9.43. The SMILES string of the molecule is CCCNC(=O)C(C)NC(=O)Cc1ccc(C)c(C)c1. The highest BCUT2D eigenvalue weighted by Crippen LogP contribution is 2.10. The van der Waals surface area contributed by atoms with Gasteiger partial charge in [-0.3, -0.25) is 9.59 Å². The Bertz CT molecular complexity index is 483. The van der Waals surface area contributed by atoms with Crippen LogP contribution in [-0.4, -0.2) is 24.4 Å². The lowest BCUT2D eigenvalue weighted by Crippen LogP contribution is -2.45. The van der Waals surface area contributed by atoms with Crippen molar-refractivity contribution in [3.8, 4) is 0 Å². The predicted octanol–water partition coefficient (Wildman–Crippen LogP) is 1.88. The number of hydrogen-bond donors (Lipinski definition) is 2. The van der Waals surface area contributed by atoms with E-state index in [1.165, 1.54) is 11.1 Å². The van der Waals surface area contributed by atoms with Gasteiger partial charge in [-0.05, 0) is 43.9 Å². The molecular formula is C16H24N2O2. The van der Waals surface area contributed by atoms with E-state index in [0.29, 0.717) is 13.0 Å². The summed E-state index contributed by atoms with van der Waals surface area (Å²) in [6.07, 6.45) is 1.18. The van der Waals surface area contributed by atoms with Crippen molar-refractivity contribution < 1.29 is 9.59 Å². The fourth-order valence-corrected chi connectivity index (χ4v) is 1.86. The molecule has 0 aliphatic carbocycles. The smallest absolute Gasteiger partial charge is 0.242 e. The monoisotopic (exact) mass is 276 g/mol. The van der Waals surface area contributed by atoms with Gasteiger partial charge in [-0.1, -0.05) is 25.1 Å². The van der Waals surface area contributed by atoms with Gasteiger partial charge >= 0.3 is 0 Å². The molecule has 0 spiro atoms. The van der Waals surface area contributed by atoms with Crippen LogP contribution in [0.25, 0.3) is 0 Å². The van der Waals surface area contributed by atoms with Crippen LogP contribution < -0.4 is 10.6 Å². The van der Waals surface area contributed by atoms with E-state index < -0.39 is 6.04 Å². The van der Waals surface area contributed by atoms with Crippen molar-refractivity contribution in [1.82, 2.24) is 10.6 Å². The first-order valence-electron chi connectivity index (χ1n) is 7.07. The zero-order chi connectivity index (χ0) is 15.1. The molecule has 4 heteroatoms. The van der Waals surface area contributed by atoms with Crippen molar-refractivity contribution in [3.05, 3.63) is 34.9 Å². The molecule has 1 aromatic rings. The Morgan fingerprint density at radius 1 is 1.20 bits per heavy atom. The second-order valence-corrected chi connectivity index (χ2v) is 5.18. The molecule has 1 aromatic carbocycles. The van der Waals surface area contributed by atoms with Gasteiger partial charge in [0.05, 0.1) is 6.42 Å². The van der Waals surface area contributed by atoms with Gasteiger partial charge < -0.3 is 10.6 Å². The third-order valence-electron chi connectivity index (χ3n) is 3.26. The molecule has 0 bridgehead atoms. The average Bonchev–Trinajstić information content (AvgIpc) is 2.40. The summed E-state index contributed by atoms with van der Waals surface area (Å²) in [4.78, 5) is 23.6. The van der Waals surface area contributed by atoms with Gasteiger partial charge in [0.1, 0.15) is 6.04 Å². The molecule has 2 amide bonds. The largest absolute Gasteiger partial charge is 0.354 e. The van der Waals surface area contributed by atoms with Crippen LogP contribution >= 0.6 is 0 Å². The molecule has 110 valence electrons. The van der Waals surface area contributed by atoms with Crippen molar-refractivity contribution in [1.29, 1.82) is 0 Å². The number of aryl methyl sites for hydroxylation is 2. The third-order valence-corrected chi connectivity index (χ3v) is 3.26. The Balaban J connectivity index is 2.50. The summed E-state index contributed by atoms with van der Waals surface area (Å²) in [6, 6.07) is 5.47. The summed E-state index contributed by atoms with van der Waals surface area (Å²) in [5, 5.41) is 5.48.